The van der Waals surface area contributed by atoms with Gasteiger partial charge in [-0.25, -0.2) is 14.2 Å². The van der Waals surface area contributed by atoms with Gasteiger partial charge in [0.15, 0.2) is 5.67 Å². The number of β-amino-alcohol motifs (C(OH)–C–C–N with tert-alkyl or cyclic N) is 1. The first-order valence-corrected chi connectivity index (χ1v) is 19.9. The van der Waals surface area contributed by atoms with Crippen LogP contribution in [0, 0.1) is 12.3 Å². The highest BCUT2D eigenvalue weighted by Crippen LogP contribution is 2.40. The molecule has 1 saturated carbocycles. The van der Waals surface area contributed by atoms with Crippen molar-refractivity contribution < 1.29 is 47.6 Å². The van der Waals surface area contributed by atoms with Crippen LogP contribution in [-0.4, -0.2) is 101 Å². The fourth-order valence-electron chi connectivity index (χ4n) is 6.16. The molecule has 310 valence electrons. The first kappa shape index (κ1) is 43.3. The zero-order valence-corrected chi connectivity index (χ0v) is 34.4. The van der Waals surface area contributed by atoms with Crippen LogP contribution in [0.2, 0.25) is 0 Å². The summed E-state index contributed by atoms with van der Waals surface area (Å²) in [6, 6.07) is 10.5. The van der Waals surface area contributed by atoms with E-state index in [1.54, 1.807) is 71.3 Å². The summed E-state index contributed by atoms with van der Waals surface area (Å²) in [5.74, 6) is -0.738. The number of rotatable bonds is 16. The molecule has 2 aromatic carbocycles. The van der Waals surface area contributed by atoms with Crippen LogP contribution in [0.5, 0.6) is 11.5 Å². The van der Waals surface area contributed by atoms with Gasteiger partial charge in [-0.3, -0.25) is 19.7 Å². The van der Waals surface area contributed by atoms with Gasteiger partial charge in [0.1, 0.15) is 42.4 Å². The third-order valence-corrected chi connectivity index (χ3v) is 10.3. The second-order valence-corrected chi connectivity index (χ2v) is 17.3. The molecule has 14 nitrogen and oxygen atoms in total. The summed E-state index contributed by atoms with van der Waals surface area (Å²) in [6.07, 6.45) is -1.27. The molecule has 0 radical (unpaired) electrons. The van der Waals surface area contributed by atoms with Gasteiger partial charge in [0.2, 0.25) is 11.8 Å². The third-order valence-electron chi connectivity index (χ3n) is 9.36. The van der Waals surface area contributed by atoms with E-state index in [9.17, 15) is 28.7 Å². The average Bonchev–Trinajstić information content (AvgIpc) is 3.54. The number of thiazole rings is 1. The fraction of sp³-hybridized carbons (Fsp3) is 0.537. The Balaban J connectivity index is 1.15. The summed E-state index contributed by atoms with van der Waals surface area (Å²) in [5.41, 5.74) is 1.43. The Morgan fingerprint density at radius 3 is 2.30 bits per heavy atom. The Kier molecular flexibility index (Phi) is 13.8. The van der Waals surface area contributed by atoms with Gasteiger partial charge < -0.3 is 39.6 Å². The largest absolute Gasteiger partial charge is 0.491 e. The molecule has 16 heteroatoms. The smallest absolute Gasteiger partial charge is 0.412 e. The van der Waals surface area contributed by atoms with Crippen molar-refractivity contribution in [1.82, 2.24) is 20.5 Å². The summed E-state index contributed by atoms with van der Waals surface area (Å²) in [7, 11) is 0. The molecule has 3 aromatic rings. The minimum Gasteiger partial charge on any atom is -0.491 e. The maximum atomic E-state index is 14.6. The number of alkyl halides is 1. The minimum atomic E-state index is -1.97. The van der Waals surface area contributed by atoms with Crippen molar-refractivity contribution in [3.63, 3.8) is 0 Å². The molecule has 0 spiro atoms. The monoisotopic (exact) mass is 811 g/mol. The van der Waals surface area contributed by atoms with Crippen LogP contribution in [0.3, 0.4) is 0 Å². The number of halogens is 1. The molecular formula is C41H54FN5O9S. The molecule has 4 amide bonds. The number of hydrogen-bond donors (Lipinski definition) is 4. The molecule has 1 aliphatic heterocycles. The second kappa shape index (κ2) is 18.2. The van der Waals surface area contributed by atoms with Gasteiger partial charge in [-0.15, -0.1) is 11.3 Å². The van der Waals surface area contributed by atoms with Gasteiger partial charge in [-0.05, 0) is 81.8 Å². The van der Waals surface area contributed by atoms with Crippen molar-refractivity contribution >= 4 is 40.8 Å². The highest BCUT2D eigenvalue weighted by Gasteiger charge is 2.53. The number of benzene rings is 2. The lowest BCUT2D eigenvalue weighted by molar-refractivity contribution is -0.145. The average molecular weight is 812 g/mol. The van der Waals surface area contributed by atoms with Gasteiger partial charge >= 0.3 is 6.09 Å². The maximum Gasteiger partial charge on any atom is 0.412 e. The number of aliphatic hydroxyl groups is 1. The van der Waals surface area contributed by atoms with E-state index in [-0.39, 0.29) is 52.2 Å². The van der Waals surface area contributed by atoms with Crippen LogP contribution in [0.25, 0.3) is 10.4 Å². The van der Waals surface area contributed by atoms with Crippen molar-refractivity contribution in [1.29, 1.82) is 0 Å². The molecule has 5 rings (SSSR count). The summed E-state index contributed by atoms with van der Waals surface area (Å²) in [6.45, 7) is 13.6. The quantitative estimate of drug-likeness (QED) is 0.134. The van der Waals surface area contributed by atoms with Crippen molar-refractivity contribution in [3.8, 4) is 21.9 Å². The molecule has 4 N–H and O–H groups in total. The first-order valence-electron chi connectivity index (χ1n) is 19.1. The van der Waals surface area contributed by atoms with E-state index in [2.05, 4.69) is 20.9 Å². The predicted octanol–water partition coefficient (Wildman–Crippen LogP) is 5.55. The summed E-state index contributed by atoms with van der Waals surface area (Å²) in [5, 5.41) is 18.7. The molecule has 1 saturated heterocycles. The lowest BCUT2D eigenvalue weighted by atomic mass is 9.85. The summed E-state index contributed by atoms with van der Waals surface area (Å²) in [4.78, 5) is 58.7. The van der Waals surface area contributed by atoms with Crippen LogP contribution in [-0.2, 0) is 30.4 Å². The van der Waals surface area contributed by atoms with Crippen molar-refractivity contribution in [2.24, 2.45) is 5.41 Å². The Morgan fingerprint density at radius 2 is 1.68 bits per heavy atom. The van der Waals surface area contributed by atoms with Gasteiger partial charge in [-0.1, -0.05) is 32.9 Å². The summed E-state index contributed by atoms with van der Waals surface area (Å²) < 4.78 is 37.5. The Morgan fingerprint density at radius 1 is 1.00 bits per heavy atom. The Labute approximate surface area is 336 Å². The van der Waals surface area contributed by atoms with E-state index >= 15 is 0 Å². The highest BCUT2D eigenvalue weighted by atomic mass is 32.1. The molecule has 3 atom stereocenters. The number of ether oxygens (including phenoxy) is 4. The van der Waals surface area contributed by atoms with Gasteiger partial charge in [0.25, 0.3) is 5.91 Å². The number of carbonyl (C=O) groups excluding carboxylic acids is 4. The molecule has 0 unspecified atom stereocenters. The number of amides is 4. The van der Waals surface area contributed by atoms with Crippen molar-refractivity contribution in [2.75, 3.05) is 38.3 Å². The molecule has 2 heterocycles. The third kappa shape index (κ3) is 12.1. The van der Waals surface area contributed by atoms with Crippen molar-refractivity contribution in [3.05, 3.63) is 59.2 Å². The second-order valence-electron chi connectivity index (χ2n) is 16.4. The standard InChI is InChI=1S/C41H54FN5O9S/c1-25-33(57-24-44-25)26-8-9-27(32(20-26)55-19-17-53-16-18-54-30-12-10-28(11-13-30)45-38(52)56-40(5,6)7)22-43-35(49)31-21-29(48)23-47(31)36(50)34(39(2,3)4)46-37(51)41(42)14-15-41/h8-13,20,24,29,31,34,48H,14-19,21-23H2,1-7H3,(H,43,49)(H,45,52)(H,46,51)/t29-,31+,34-/m1/s1. The lowest BCUT2D eigenvalue weighted by Crippen LogP contribution is -2.59. The number of aliphatic hydroxyl groups excluding tert-OH is 1. The van der Waals surface area contributed by atoms with Crippen LogP contribution in [0.1, 0.15) is 72.1 Å². The molecule has 57 heavy (non-hydrogen) atoms. The van der Waals surface area contributed by atoms with Gasteiger partial charge in [0, 0.05) is 30.8 Å². The number of anilines is 1. The Bertz CT molecular complexity index is 1890. The molecule has 2 aliphatic rings. The SMILES string of the molecule is Cc1ncsc1-c1ccc(CNC(=O)[C@@H]2C[C@@H](O)CN2C(=O)[C@@H](NC(=O)C2(F)CC2)C(C)(C)C)c(OCCOCCOc2ccc(NC(=O)OC(C)(C)C)cc2)c1. The van der Waals surface area contributed by atoms with Crippen molar-refractivity contribution in [2.45, 2.75) is 104 Å². The van der Waals surface area contributed by atoms with E-state index < -0.39 is 58.7 Å². The predicted molar refractivity (Wildman–Crippen MR) is 213 cm³/mol. The maximum absolute atomic E-state index is 14.6. The molecule has 0 bridgehead atoms. The number of nitrogens with one attached hydrogen (secondary N) is 3. The number of aromatic nitrogens is 1. The normalized spacial score (nSPS) is 18.0. The number of carbonyl (C=O) groups is 4. The Hall–Kier alpha value is -4.80. The molecule has 1 aromatic heterocycles. The van der Waals surface area contributed by atoms with E-state index in [0.29, 0.717) is 29.4 Å². The van der Waals surface area contributed by atoms with Crippen LogP contribution < -0.4 is 25.4 Å². The van der Waals surface area contributed by atoms with Gasteiger partial charge in [-0.2, -0.15) is 0 Å². The van der Waals surface area contributed by atoms with Gasteiger partial charge in [0.05, 0.1) is 35.4 Å². The zero-order chi connectivity index (χ0) is 41.5. The molecular weight excluding hydrogens is 758 g/mol. The zero-order valence-electron chi connectivity index (χ0n) is 33.6. The number of aryl methyl sites for hydroxylation is 1. The van der Waals surface area contributed by atoms with E-state index in [4.69, 9.17) is 18.9 Å². The number of likely N-dealkylation sites (tertiary alicyclic amines) is 1. The fourth-order valence-corrected chi connectivity index (χ4v) is 6.96. The number of nitrogens with zero attached hydrogens (tertiary/aromatic N) is 2. The first-order chi connectivity index (χ1) is 26.8. The van der Waals surface area contributed by atoms with Crippen LogP contribution >= 0.6 is 11.3 Å². The van der Waals surface area contributed by atoms with Crippen LogP contribution in [0.4, 0.5) is 14.9 Å². The van der Waals surface area contributed by atoms with E-state index in [1.165, 1.54) is 16.2 Å². The van der Waals surface area contributed by atoms with E-state index in [1.807, 2.05) is 25.1 Å². The molecule has 2 fully saturated rings. The van der Waals surface area contributed by atoms with Crippen LogP contribution in [0.15, 0.2) is 48.0 Å². The highest BCUT2D eigenvalue weighted by molar-refractivity contribution is 7.13. The van der Waals surface area contributed by atoms with E-state index in [0.717, 1.165) is 16.1 Å². The molecule has 1 aliphatic carbocycles. The number of hydrogen-bond acceptors (Lipinski definition) is 11. The lowest BCUT2D eigenvalue weighted by Gasteiger charge is -2.35. The summed E-state index contributed by atoms with van der Waals surface area (Å²) >= 11 is 1.50. The topological polar surface area (TPSA) is 178 Å². The minimum absolute atomic E-state index is 0.0139.